The Labute approximate surface area is 176 Å². The van der Waals surface area contributed by atoms with Crippen molar-refractivity contribution in [2.24, 2.45) is 7.05 Å². The molecule has 0 radical (unpaired) electrons. The smallest absolute Gasteiger partial charge is 0.197 e. The summed E-state index contributed by atoms with van der Waals surface area (Å²) in [5, 5.41) is 10.7. The lowest BCUT2D eigenvalue weighted by Crippen LogP contribution is -1.97. The van der Waals surface area contributed by atoms with Gasteiger partial charge in [-0.2, -0.15) is 0 Å². The summed E-state index contributed by atoms with van der Waals surface area (Å²) in [6.07, 6.45) is 3.94. The molecule has 0 amide bonds. The number of halogens is 2. The van der Waals surface area contributed by atoms with Crippen molar-refractivity contribution in [2.75, 3.05) is 0 Å². The maximum Gasteiger partial charge on any atom is 0.197 e. The van der Waals surface area contributed by atoms with Crippen molar-refractivity contribution in [3.63, 3.8) is 0 Å². The van der Waals surface area contributed by atoms with Crippen LogP contribution in [-0.2, 0) is 7.05 Å². The van der Waals surface area contributed by atoms with Crippen molar-refractivity contribution in [3.8, 4) is 0 Å². The van der Waals surface area contributed by atoms with Gasteiger partial charge < -0.3 is 4.57 Å². The summed E-state index contributed by atoms with van der Waals surface area (Å²) < 4.78 is 1.91. The number of nitrogens with zero attached hydrogens (tertiary/aromatic N) is 5. The van der Waals surface area contributed by atoms with Gasteiger partial charge in [-0.15, -0.1) is 10.2 Å². The molecule has 8 heteroatoms. The second-order valence-corrected chi connectivity index (χ2v) is 7.87. The van der Waals surface area contributed by atoms with E-state index in [1.807, 2.05) is 61.0 Å². The molecule has 2 aromatic carbocycles. The minimum absolute atomic E-state index is 0.446. The molecule has 5 nitrogen and oxygen atoms in total. The molecule has 0 saturated heterocycles. The van der Waals surface area contributed by atoms with Gasteiger partial charge in [0, 0.05) is 7.05 Å². The second kappa shape index (κ2) is 7.91. The molecular formula is C20H15Cl2N5S. The zero-order chi connectivity index (χ0) is 19.7. The Bertz CT molecular complexity index is 1190. The van der Waals surface area contributed by atoms with Gasteiger partial charge in [0.25, 0.3) is 0 Å². The standard InChI is InChI=1S/C20H15Cl2N5S/c1-12-25-26-20(27(12)2)28-19-16(9-8-13-6-4-3-5-7-13)23-17-10-14(21)15(22)11-18(17)24-19/h3-11H,1-2H3/b9-8+. The van der Waals surface area contributed by atoms with Gasteiger partial charge in [0.1, 0.15) is 10.9 Å². The molecule has 4 aromatic rings. The SMILES string of the molecule is Cc1nnc(Sc2nc3cc(Cl)c(Cl)cc3nc2/C=C/c2ccccc2)n1C. The Kier molecular flexibility index (Phi) is 5.35. The van der Waals surface area contributed by atoms with Gasteiger partial charge in [-0.25, -0.2) is 9.97 Å². The molecule has 0 fully saturated rings. The minimum atomic E-state index is 0.446. The molecule has 2 aromatic heterocycles. The lowest BCUT2D eigenvalue weighted by molar-refractivity contribution is 0.764. The highest BCUT2D eigenvalue weighted by atomic mass is 35.5. The first-order chi connectivity index (χ1) is 13.5. The molecular weight excluding hydrogens is 413 g/mol. The third kappa shape index (κ3) is 3.90. The Morgan fingerprint density at radius 3 is 2.25 bits per heavy atom. The van der Waals surface area contributed by atoms with Crippen LogP contribution >= 0.6 is 35.0 Å². The van der Waals surface area contributed by atoms with Crippen molar-refractivity contribution in [2.45, 2.75) is 17.1 Å². The quantitative estimate of drug-likeness (QED) is 0.418. The van der Waals surface area contributed by atoms with Crippen LogP contribution < -0.4 is 0 Å². The molecule has 28 heavy (non-hydrogen) atoms. The van der Waals surface area contributed by atoms with E-state index in [2.05, 4.69) is 10.2 Å². The van der Waals surface area contributed by atoms with Crippen LogP contribution in [0.4, 0.5) is 0 Å². The van der Waals surface area contributed by atoms with E-state index in [9.17, 15) is 0 Å². The molecule has 0 bridgehead atoms. The van der Waals surface area contributed by atoms with Crippen LogP contribution in [0.5, 0.6) is 0 Å². The molecule has 2 heterocycles. The number of hydrogen-bond acceptors (Lipinski definition) is 5. The fourth-order valence-electron chi connectivity index (χ4n) is 2.54. The monoisotopic (exact) mass is 427 g/mol. The molecule has 0 N–H and O–H groups in total. The average Bonchev–Trinajstić information content (AvgIpc) is 3.00. The van der Waals surface area contributed by atoms with E-state index in [-0.39, 0.29) is 0 Å². The van der Waals surface area contributed by atoms with E-state index in [1.54, 1.807) is 12.1 Å². The van der Waals surface area contributed by atoms with Gasteiger partial charge in [0.15, 0.2) is 5.16 Å². The number of aromatic nitrogens is 5. The van der Waals surface area contributed by atoms with E-state index in [1.165, 1.54) is 11.8 Å². The van der Waals surface area contributed by atoms with Gasteiger partial charge >= 0.3 is 0 Å². The van der Waals surface area contributed by atoms with E-state index < -0.39 is 0 Å². The third-order valence-electron chi connectivity index (χ3n) is 4.17. The van der Waals surface area contributed by atoms with Crippen LogP contribution in [0.15, 0.2) is 52.6 Å². The lowest BCUT2D eigenvalue weighted by atomic mass is 10.2. The summed E-state index contributed by atoms with van der Waals surface area (Å²) in [7, 11) is 1.92. The summed E-state index contributed by atoms with van der Waals surface area (Å²) in [6, 6.07) is 13.5. The molecule has 0 saturated carbocycles. The van der Waals surface area contributed by atoms with E-state index in [4.69, 9.17) is 33.2 Å². The summed E-state index contributed by atoms with van der Waals surface area (Å²) in [4.78, 5) is 9.51. The summed E-state index contributed by atoms with van der Waals surface area (Å²) in [6.45, 7) is 1.90. The minimum Gasteiger partial charge on any atom is -0.309 e. The third-order valence-corrected chi connectivity index (χ3v) is 5.93. The highest BCUT2D eigenvalue weighted by Crippen LogP contribution is 2.32. The Hall–Kier alpha value is -2.41. The van der Waals surface area contributed by atoms with Crippen molar-refractivity contribution < 1.29 is 0 Å². The van der Waals surface area contributed by atoms with Crippen LogP contribution in [-0.4, -0.2) is 24.7 Å². The second-order valence-electron chi connectivity index (χ2n) is 6.10. The number of benzene rings is 2. The fraction of sp³-hybridized carbons (Fsp3) is 0.100. The number of rotatable bonds is 4. The van der Waals surface area contributed by atoms with Crippen LogP contribution in [0.3, 0.4) is 0 Å². The van der Waals surface area contributed by atoms with E-state index in [0.29, 0.717) is 26.1 Å². The summed E-state index contributed by atoms with van der Waals surface area (Å²) in [5.74, 6) is 0.826. The average molecular weight is 428 g/mol. The largest absolute Gasteiger partial charge is 0.309 e. The highest BCUT2D eigenvalue weighted by molar-refractivity contribution is 7.99. The van der Waals surface area contributed by atoms with Crippen molar-refractivity contribution in [1.29, 1.82) is 0 Å². The Balaban J connectivity index is 1.83. The molecule has 0 aliphatic rings. The van der Waals surface area contributed by atoms with Crippen molar-refractivity contribution in [1.82, 2.24) is 24.7 Å². The highest BCUT2D eigenvalue weighted by Gasteiger charge is 2.14. The fourth-order valence-corrected chi connectivity index (χ4v) is 3.74. The van der Waals surface area contributed by atoms with Gasteiger partial charge in [0.05, 0.1) is 26.8 Å². The normalized spacial score (nSPS) is 11.6. The molecule has 0 aliphatic carbocycles. The zero-order valence-electron chi connectivity index (χ0n) is 15.1. The molecule has 4 rings (SSSR count). The van der Waals surface area contributed by atoms with Gasteiger partial charge in [-0.05, 0) is 42.5 Å². The zero-order valence-corrected chi connectivity index (χ0v) is 17.4. The van der Waals surface area contributed by atoms with Crippen LogP contribution in [0.1, 0.15) is 17.1 Å². The molecule has 0 atom stereocenters. The molecule has 0 unspecified atom stereocenters. The Morgan fingerprint density at radius 1 is 0.929 bits per heavy atom. The van der Waals surface area contributed by atoms with Crippen molar-refractivity contribution in [3.05, 3.63) is 69.6 Å². The predicted molar refractivity (Wildman–Crippen MR) is 115 cm³/mol. The first-order valence-corrected chi connectivity index (χ1v) is 10.0. The Morgan fingerprint density at radius 2 is 1.61 bits per heavy atom. The van der Waals surface area contributed by atoms with Crippen molar-refractivity contribution >= 4 is 58.1 Å². The molecule has 0 aliphatic heterocycles. The van der Waals surface area contributed by atoms with Gasteiger partial charge in [0.2, 0.25) is 0 Å². The first-order valence-electron chi connectivity index (χ1n) is 8.45. The number of fused-ring (bicyclic) bond motifs is 1. The van der Waals surface area contributed by atoms with E-state index >= 15 is 0 Å². The first kappa shape index (κ1) is 18.9. The topological polar surface area (TPSA) is 56.5 Å². The van der Waals surface area contributed by atoms with Crippen LogP contribution in [0, 0.1) is 6.92 Å². The lowest BCUT2D eigenvalue weighted by Gasteiger charge is -2.08. The molecule has 140 valence electrons. The van der Waals surface area contributed by atoms with Gasteiger partial charge in [-0.3, -0.25) is 0 Å². The maximum atomic E-state index is 6.16. The molecule has 0 spiro atoms. The van der Waals surface area contributed by atoms with Crippen LogP contribution in [0.25, 0.3) is 23.2 Å². The maximum absolute atomic E-state index is 6.16. The predicted octanol–water partition coefficient (Wildman–Crippen LogP) is 5.70. The number of aryl methyl sites for hydroxylation is 1. The number of hydrogen-bond donors (Lipinski definition) is 0. The van der Waals surface area contributed by atoms with Gasteiger partial charge in [-0.1, -0.05) is 59.6 Å². The van der Waals surface area contributed by atoms with Crippen LogP contribution in [0.2, 0.25) is 10.0 Å². The van der Waals surface area contributed by atoms with E-state index in [0.717, 1.165) is 22.2 Å². The summed E-state index contributed by atoms with van der Waals surface area (Å²) in [5.41, 5.74) is 3.15. The summed E-state index contributed by atoms with van der Waals surface area (Å²) >= 11 is 13.7.